The standard InChI is InChI=1S/C11H20N2/c1-3-4-5-6-8-13-9-7-12-10-11(13)2/h3-6,11-12H,7-10H2,1-2H3/b4-3+,6-5+. The van der Waals surface area contributed by atoms with Crippen molar-refractivity contribution in [1.29, 1.82) is 0 Å². The molecule has 0 saturated carbocycles. The monoisotopic (exact) mass is 180 g/mol. The summed E-state index contributed by atoms with van der Waals surface area (Å²) in [6, 6.07) is 0.670. The van der Waals surface area contributed by atoms with Crippen molar-refractivity contribution in [2.45, 2.75) is 19.9 Å². The number of rotatable bonds is 3. The zero-order valence-corrected chi connectivity index (χ0v) is 8.66. The Morgan fingerprint density at radius 1 is 1.46 bits per heavy atom. The zero-order chi connectivity index (χ0) is 9.52. The number of allylic oxidation sites excluding steroid dienone is 3. The minimum absolute atomic E-state index is 0.670. The van der Waals surface area contributed by atoms with Crippen LogP contribution in [-0.4, -0.2) is 37.1 Å². The van der Waals surface area contributed by atoms with Crippen LogP contribution in [0.15, 0.2) is 24.3 Å². The van der Waals surface area contributed by atoms with E-state index in [-0.39, 0.29) is 0 Å². The van der Waals surface area contributed by atoms with Crippen LogP contribution in [0.3, 0.4) is 0 Å². The Labute approximate surface area is 81.3 Å². The third-order valence-electron chi connectivity index (χ3n) is 2.42. The first-order valence-electron chi connectivity index (χ1n) is 5.07. The molecule has 74 valence electrons. The third-order valence-corrected chi connectivity index (χ3v) is 2.42. The maximum absolute atomic E-state index is 3.39. The second-order valence-corrected chi connectivity index (χ2v) is 3.50. The predicted molar refractivity (Wildman–Crippen MR) is 57.9 cm³/mol. The fourth-order valence-corrected chi connectivity index (χ4v) is 1.54. The average molecular weight is 180 g/mol. The molecule has 2 nitrogen and oxygen atoms in total. The lowest BCUT2D eigenvalue weighted by molar-refractivity contribution is 0.192. The Kier molecular flexibility index (Phi) is 4.79. The zero-order valence-electron chi connectivity index (χ0n) is 8.66. The molecule has 0 amide bonds. The molecule has 1 aliphatic heterocycles. The molecule has 0 aliphatic carbocycles. The van der Waals surface area contributed by atoms with Gasteiger partial charge in [-0.25, -0.2) is 0 Å². The predicted octanol–water partition coefficient (Wildman–Crippen LogP) is 1.41. The van der Waals surface area contributed by atoms with Gasteiger partial charge in [-0.1, -0.05) is 24.3 Å². The minimum Gasteiger partial charge on any atom is -0.314 e. The van der Waals surface area contributed by atoms with Crippen LogP contribution in [0.5, 0.6) is 0 Å². The van der Waals surface area contributed by atoms with E-state index in [0.717, 1.165) is 19.6 Å². The Balaban J connectivity index is 2.26. The number of hydrogen-bond donors (Lipinski definition) is 1. The summed E-state index contributed by atoms with van der Waals surface area (Å²) < 4.78 is 0. The van der Waals surface area contributed by atoms with Crippen LogP contribution in [0.2, 0.25) is 0 Å². The smallest absolute Gasteiger partial charge is 0.0196 e. The second-order valence-electron chi connectivity index (χ2n) is 3.50. The molecule has 0 radical (unpaired) electrons. The fraction of sp³-hybridized carbons (Fsp3) is 0.636. The number of hydrogen-bond acceptors (Lipinski definition) is 2. The van der Waals surface area contributed by atoms with E-state index in [1.54, 1.807) is 0 Å². The molecular formula is C11H20N2. The highest BCUT2D eigenvalue weighted by molar-refractivity contribution is 5.02. The highest BCUT2D eigenvalue weighted by Crippen LogP contribution is 2.01. The van der Waals surface area contributed by atoms with Gasteiger partial charge in [0.25, 0.3) is 0 Å². The van der Waals surface area contributed by atoms with Gasteiger partial charge in [0.2, 0.25) is 0 Å². The first-order chi connectivity index (χ1) is 6.34. The van der Waals surface area contributed by atoms with Crippen molar-refractivity contribution in [2.75, 3.05) is 26.2 Å². The second kappa shape index (κ2) is 5.95. The summed E-state index contributed by atoms with van der Waals surface area (Å²) in [5.41, 5.74) is 0. The Morgan fingerprint density at radius 2 is 2.31 bits per heavy atom. The van der Waals surface area contributed by atoms with Crippen LogP contribution in [0.1, 0.15) is 13.8 Å². The van der Waals surface area contributed by atoms with Crippen molar-refractivity contribution in [1.82, 2.24) is 10.2 Å². The Bertz CT molecular complexity index is 185. The molecule has 1 aliphatic rings. The lowest BCUT2D eigenvalue weighted by Crippen LogP contribution is -2.49. The van der Waals surface area contributed by atoms with E-state index in [2.05, 4.69) is 41.4 Å². The first-order valence-corrected chi connectivity index (χ1v) is 5.07. The third kappa shape index (κ3) is 3.75. The molecule has 1 atom stereocenters. The van der Waals surface area contributed by atoms with Gasteiger partial charge in [-0.15, -0.1) is 0 Å². The van der Waals surface area contributed by atoms with Gasteiger partial charge in [0.1, 0.15) is 0 Å². The van der Waals surface area contributed by atoms with Gasteiger partial charge in [0, 0.05) is 32.2 Å². The van der Waals surface area contributed by atoms with Gasteiger partial charge in [-0.05, 0) is 13.8 Å². The molecule has 1 fully saturated rings. The Morgan fingerprint density at radius 3 is 3.00 bits per heavy atom. The van der Waals surface area contributed by atoms with E-state index in [9.17, 15) is 0 Å². The summed E-state index contributed by atoms with van der Waals surface area (Å²) in [5, 5.41) is 3.39. The average Bonchev–Trinajstić information content (AvgIpc) is 2.15. The highest BCUT2D eigenvalue weighted by atomic mass is 15.2. The van der Waals surface area contributed by atoms with Crippen LogP contribution >= 0.6 is 0 Å². The Hall–Kier alpha value is -0.600. The summed E-state index contributed by atoms with van der Waals surface area (Å²) in [7, 11) is 0. The van der Waals surface area contributed by atoms with E-state index >= 15 is 0 Å². The lowest BCUT2D eigenvalue weighted by atomic mass is 10.2. The van der Waals surface area contributed by atoms with Crippen LogP contribution in [0, 0.1) is 0 Å². The maximum atomic E-state index is 3.39. The summed E-state index contributed by atoms with van der Waals surface area (Å²) in [5.74, 6) is 0. The fourth-order valence-electron chi connectivity index (χ4n) is 1.54. The van der Waals surface area contributed by atoms with E-state index in [1.165, 1.54) is 6.54 Å². The van der Waals surface area contributed by atoms with Gasteiger partial charge in [0.15, 0.2) is 0 Å². The van der Waals surface area contributed by atoms with Gasteiger partial charge < -0.3 is 5.32 Å². The van der Waals surface area contributed by atoms with Gasteiger partial charge in [0.05, 0.1) is 0 Å². The van der Waals surface area contributed by atoms with E-state index in [0.29, 0.717) is 6.04 Å². The molecule has 0 spiro atoms. The molecule has 1 heterocycles. The molecule has 1 N–H and O–H groups in total. The van der Waals surface area contributed by atoms with Crippen LogP contribution in [-0.2, 0) is 0 Å². The molecule has 0 aromatic heterocycles. The summed E-state index contributed by atoms with van der Waals surface area (Å²) in [6.45, 7) is 8.81. The van der Waals surface area contributed by atoms with Crippen LogP contribution < -0.4 is 5.32 Å². The molecular weight excluding hydrogens is 160 g/mol. The number of piperazine rings is 1. The topological polar surface area (TPSA) is 15.3 Å². The van der Waals surface area contributed by atoms with Gasteiger partial charge in [-0.3, -0.25) is 4.90 Å². The van der Waals surface area contributed by atoms with E-state index in [4.69, 9.17) is 0 Å². The largest absolute Gasteiger partial charge is 0.314 e. The highest BCUT2D eigenvalue weighted by Gasteiger charge is 2.15. The summed E-state index contributed by atoms with van der Waals surface area (Å²) >= 11 is 0. The summed E-state index contributed by atoms with van der Waals surface area (Å²) in [4.78, 5) is 2.50. The van der Waals surface area contributed by atoms with Crippen molar-refractivity contribution in [2.24, 2.45) is 0 Å². The normalized spacial score (nSPS) is 26.2. The van der Waals surface area contributed by atoms with Crippen molar-refractivity contribution in [3.63, 3.8) is 0 Å². The molecule has 1 saturated heterocycles. The van der Waals surface area contributed by atoms with Gasteiger partial charge in [-0.2, -0.15) is 0 Å². The van der Waals surface area contributed by atoms with Gasteiger partial charge >= 0.3 is 0 Å². The molecule has 0 aromatic rings. The minimum atomic E-state index is 0.670. The lowest BCUT2D eigenvalue weighted by Gasteiger charge is -2.32. The van der Waals surface area contributed by atoms with Crippen molar-refractivity contribution < 1.29 is 0 Å². The van der Waals surface area contributed by atoms with Crippen molar-refractivity contribution in [3.8, 4) is 0 Å². The molecule has 1 rings (SSSR count). The van der Waals surface area contributed by atoms with Crippen LogP contribution in [0.25, 0.3) is 0 Å². The van der Waals surface area contributed by atoms with Crippen LogP contribution in [0.4, 0.5) is 0 Å². The SMILES string of the molecule is C/C=C/C=C/CN1CCNCC1C. The molecule has 2 heteroatoms. The van der Waals surface area contributed by atoms with Crippen molar-refractivity contribution in [3.05, 3.63) is 24.3 Å². The quantitative estimate of drug-likeness (QED) is 0.661. The van der Waals surface area contributed by atoms with E-state index in [1.807, 2.05) is 6.92 Å². The molecule has 13 heavy (non-hydrogen) atoms. The summed E-state index contributed by atoms with van der Waals surface area (Å²) in [6.07, 6.45) is 8.47. The van der Waals surface area contributed by atoms with Crippen molar-refractivity contribution >= 4 is 0 Å². The number of nitrogens with one attached hydrogen (secondary N) is 1. The molecule has 1 unspecified atom stereocenters. The first kappa shape index (κ1) is 10.5. The molecule has 0 bridgehead atoms. The number of nitrogens with zero attached hydrogens (tertiary/aromatic N) is 1. The molecule has 0 aromatic carbocycles. The van der Waals surface area contributed by atoms with E-state index < -0.39 is 0 Å². The maximum Gasteiger partial charge on any atom is 0.0196 e.